The first-order chi connectivity index (χ1) is 5.72. The molecule has 0 unspecified atom stereocenters. The van der Waals surface area contributed by atoms with E-state index in [1.807, 2.05) is 0 Å². The van der Waals surface area contributed by atoms with Crippen molar-refractivity contribution >= 4 is 46.7 Å². The van der Waals surface area contributed by atoms with Crippen LogP contribution in [0.1, 0.15) is 26.7 Å². The second-order valence-corrected chi connectivity index (χ2v) is 5.66. The summed E-state index contributed by atoms with van der Waals surface area (Å²) in [6.45, 7) is 4.26. The van der Waals surface area contributed by atoms with E-state index in [9.17, 15) is 0 Å². The van der Waals surface area contributed by atoms with Crippen molar-refractivity contribution in [1.82, 2.24) is 0 Å². The zero-order valence-electron chi connectivity index (χ0n) is 7.40. The van der Waals surface area contributed by atoms with Gasteiger partial charge in [0, 0.05) is 0 Å². The normalized spacial score (nSPS) is 13.0. The lowest BCUT2D eigenvalue weighted by Gasteiger charge is -2.01. The first-order valence-corrected chi connectivity index (χ1v) is 6.75. The average molecular weight is 245 g/mol. The Bertz CT molecular complexity index is 130. The predicted octanol–water partition coefficient (Wildman–Crippen LogP) is 4.88. The Hall–Kier alpha value is 1.02. The molecule has 0 spiro atoms. The van der Waals surface area contributed by atoms with E-state index >= 15 is 0 Å². The summed E-state index contributed by atoms with van der Waals surface area (Å²) in [7, 11) is 0. The second kappa shape index (κ2) is 8.61. The summed E-state index contributed by atoms with van der Waals surface area (Å²) in [4.78, 5) is 0. The van der Waals surface area contributed by atoms with Gasteiger partial charge in [0.2, 0.25) is 0 Å². The van der Waals surface area contributed by atoms with Crippen LogP contribution in [0, 0.1) is 0 Å². The molecule has 0 aliphatic heterocycles. The minimum atomic E-state index is 0.747. The lowest BCUT2D eigenvalue weighted by Crippen LogP contribution is -1.77. The number of rotatable bonds is 6. The van der Waals surface area contributed by atoms with Crippen LogP contribution in [-0.2, 0) is 0 Å². The van der Waals surface area contributed by atoms with Gasteiger partial charge in [0.25, 0.3) is 0 Å². The molecule has 0 nitrogen and oxygen atoms in total. The Morgan fingerprint density at radius 3 is 1.50 bits per heavy atom. The molecule has 0 aliphatic carbocycles. The minimum Gasteiger partial charge on any atom is -0.112 e. The zero-order valence-corrected chi connectivity index (χ0v) is 10.5. The summed E-state index contributed by atoms with van der Waals surface area (Å²) in [5.41, 5.74) is 0. The highest BCUT2D eigenvalue weighted by atomic mass is 35.5. The van der Waals surface area contributed by atoms with Crippen LogP contribution in [0.25, 0.3) is 0 Å². The Balaban J connectivity index is 3.72. The average Bonchev–Trinajstić information content (AvgIpc) is 2.10. The molecule has 0 atom stereocenters. The fourth-order valence-electron chi connectivity index (χ4n) is 0.497. The molecule has 0 bridgehead atoms. The van der Waals surface area contributed by atoms with Crippen molar-refractivity contribution in [2.45, 2.75) is 26.7 Å². The molecule has 72 valence electrons. The highest BCUT2D eigenvalue weighted by Gasteiger charge is 2.01. The van der Waals surface area contributed by atoms with Gasteiger partial charge in [-0.15, -0.1) is 23.5 Å². The van der Waals surface area contributed by atoms with Crippen molar-refractivity contribution in [3.8, 4) is 0 Å². The van der Waals surface area contributed by atoms with E-state index in [2.05, 4.69) is 13.8 Å². The van der Waals surface area contributed by atoms with Gasteiger partial charge in [0.05, 0.1) is 8.73 Å². The van der Waals surface area contributed by atoms with Crippen molar-refractivity contribution in [3.05, 3.63) is 8.73 Å². The molecule has 0 heterocycles. The van der Waals surface area contributed by atoms with E-state index in [0.29, 0.717) is 0 Å². The summed E-state index contributed by atoms with van der Waals surface area (Å²) < 4.78 is 1.49. The summed E-state index contributed by atoms with van der Waals surface area (Å²) in [5.74, 6) is 2.09. The molecular weight excluding hydrogens is 231 g/mol. The monoisotopic (exact) mass is 244 g/mol. The smallest absolute Gasteiger partial charge is 0.0986 e. The van der Waals surface area contributed by atoms with Crippen molar-refractivity contribution in [1.29, 1.82) is 0 Å². The van der Waals surface area contributed by atoms with Gasteiger partial charge in [-0.25, -0.2) is 0 Å². The number of thioether (sulfide) groups is 2. The molecule has 0 aromatic heterocycles. The van der Waals surface area contributed by atoms with Crippen molar-refractivity contribution in [2.24, 2.45) is 0 Å². The summed E-state index contributed by atoms with van der Waals surface area (Å²) in [5, 5.41) is 0. The van der Waals surface area contributed by atoms with E-state index in [1.54, 1.807) is 23.5 Å². The van der Waals surface area contributed by atoms with E-state index in [0.717, 1.165) is 33.1 Å². The van der Waals surface area contributed by atoms with Gasteiger partial charge in [-0.3, -0.25) is 0 Å². The highest BCUT2D eigenvalue weighted by Crippen LogP contribution is 2.33. The molecule has 0 aromatic carbocycles. The van der Waals surface area contributed by atoms with Gasteiger partial charge in [-0.2, -0.15) is 0 Å². The molecule has 0 rings (SSSR count). The standard InChI is InChI=1S/C8H14Cl2S2/c1-3-5-11-7(9)8(10)12-6-4-2/h3-6H2,1-2H3/b8-7-. The molecule has 0 aromatic rings. The molecule has 0 aliphatic rings. The molecule has 0 saturated carbocycles. The van der Waals surface area contributed by atoms with Crippen molar-refractivity contribution < 1.29 is 0 Å². The third kappa shape index (κ3) is 6.53. The largest absolute Gasteiger partial charge is 0.112 e. The molecule has 0 fully saturated rings. The first kappa shape index (κ1) is 13.0. The zero-order chi connectivity index (χ0) is 9.40. The van der Waals surface area contributed by atoms with Crippen LogP contribution in [-0.4, -0.2) is 11.5 Å². The van der Waals surface area contributed by atoms with Crippen LogP contribution in [0.3, 0.4) is 0 Å². The van der Waals surface area contributed by atoms with Gasteiger partial charge in [-0.1, -0.05) is 37.0 Å². The highest BCUT2D eigenvalue weighted by molar-refractivity contribution is 8.08. The van der Waals surface area contributed by atoms with Gasteiger partial charge >= 0.3 is 0 Å². The SMILES string of the molecule is CCCS/C(Cl)=C(/Cl)SCCC. The summed E-state index contributed by atoms with van der Waals surface area (Å²) in [6.07, 6.45) is 2.26. The fourth-order valence-corrected chi connectivity index (χ4v) is 2.63. The Kier molecular flexibility index (Phi) is 9.34. The maximum atomic E-state index is 5.94. The van der Waals surface area contributed by atoms with Crippen LogP contribution in [0.4, 0.5) is 0 Å². The third-order valence-corrected chi connectivity index (χ3v) is 4.64. The van der Waals surface area contributed by atoms with Gasteiger partial charge in [0.15, 0.2) is 0 Å². The lowest BCUT2D eigenvalue weighted by atomic mass is 10.6. The van der Waals surface area contributed by atoms with E-state index < -0.39 is 0 Å². The van der Waals surface area contributed by atoms with Gasteiger partial charge in [0.1, 0.15) is 0 Å². The first-order valence-electron chi connectivity index (χ1n) is 4.03. The number of hydrogen-bond acceptors (Lipinski definition) is 2. The predicted molar refractivity (Wildman–Crippen MR) is 64.2 cm³/mol. The fraction of sp³-hybridized carbons (Fsp3) is 0.750. The maximum Gasteiger partial charge on any atom is 0.0986 e. The van der Waals surface area contributed by atoms with E-state index in [4.69, 9.17) is 23.2 Å². The van der Waals surface area contributed by atoms with Crippen LogP contribution >= 0.6 is 46.7 Å². The Morgan fingerprint density at radius 2 is 1.25 bits per heavy atom. The molecular formula is C8H14Cl2S2. The quantitative estimate of drug-likeness (QED) is 0.654. The second-order valence-electron chi connectivity index (χ2n) is 2.24. The van der Waals surface area contributed by atoms with Crippen LogP contribution in [0.15, 0.2) is 8.73 Å². The van der Waals surface area contributed by atoms with Crippen LogP contribution < -0.4 is 0 Å². The van der Waals surface area contributed by atoms with Gasteiger partial charge in [-0.05, 0) is 24.3 Å². The molecule has 0 saturated heterocycles. The molecule has 4 heteroatoms. The summed E-state index contributed by atoms with van der Waals surface area (Å²) in [6, 6.07) is 0. The van der Waals surface area contributed by atoms with Crippen LogP contribution in [0.2, 0.25) is 0 Å². The lowest BCUT2D eigenvalue weighted by molar-refractivity contribution is 1.11. The maximum absolute atomic E-state index is 5.94. The Labute approximate surface area is 93.5 Å². The molecule has 0 radical (unpaired) electrons. The third-order valence-electron chi connectivity index (χ3n) is 1.02. The Morgan fingerprint density at radius 1 is 0.917 bits per heavy atom. The molecule has 12 heavy (non-hydrogen) atoms. The molecule has 0 N–H and O–H groups in total. The van der Waals surface area contributed by atoms with Crippen LogP contribution in [0.5, 0.6) is 0 Å². The topological polar surface area (TPSA) is 0 Å². The number of hydrogen-bond donors (Lipinski definition) is 0. The minimum absolute atomic E-state index is 0.747. The van der Waals surface area contributed by atoms with Crippen molar-refractivity contribution in [3.63, 3.8) is 0 Å². The molecule has 0 amide bonds. The summed E-state index contributed by atoms with van der Waals surface area (Å²) >= 11 is 15.1. The van der Waals surface area contributed by atoms with Gasteiger partial charge < -0.3 is 0 Å². The van der Waals surface area contributed by atoms with Crippen molar-refractivity contribution in [2.75, 3.05) is 11.5 Å². The van der Waals surface area contributed by atoms with E-state index in [-0.39, 0.29) is 0 Å². The number of halogens is 2. The van der Waals surface area contributed by atoms with E-state index in [1.165, 1.54) is 0 Å².